The van der Waals surface area contributed by atoms with Crippen LogP contribution in [0, 0.1) is 0 Å². The number of rotatable bonds is 7. The van der Waals surface area contributed by atoms with E-state index < -0.39 is 18.3 Å². The lowest BCUT2D eigenvalue weighted by Gasteiger charge is -2.37. The van der Waals surface area contributed by atoms with Crippen LogP contribution in [-0.4, -0.2) is 21.9 Å². The van der Waals surface area contributed by atoms with Crippen molar-refractivity contribution in [3.05, 3.63) is 12.7 Å². The smallest absolute Gasteiger partial charge is 0.208 e. The summed E-state index contributed by atoms with van der Waals surface area (Å²) in [6.45, 7) is 16.0. The summed E-state index contributed by atoms with van der Waals surface area (Å²) in [7, 11) is -5.24. The Morgan fingerprint density at radius 1 is 1.33 bits per heavy atom. The van der Waals surface area contributed by atoms with Crippen molar-refractivity contribution in [1.29, 1.82) is 0 Å². The number of hydrogen-bond acceptors (Lipinski definition) is 2. The molecule has 0 rings (SSSR count). The zero-order valence-corrected chi connectivity index (χ0v) is 14.5. The summed E-state index contributed by atoms with van der Waals surface area (Å²) < 4.78 is 27.8. The molecular formula is C13H29NO2SSi. The topological polar surface area (TPSA) is 46.2 Å². The molecule has 1 N–H and O–H groups in total. The summed E-state index contributed by atoms with van der Waals surface area (Å²) in [5.41, 5.74) is 0. The van der Waals surface area contributed by atoms with Crippen LogP contribution < -0.4 is 4.39 Å². The first-order valence-corrected chi connectivity index (χ1v) is 11.2. The molecule has 0 saturated heterocycles. The first-order valence-electron chi connectivity index (χ1n) is 6.61. The Labute approximate surface area is 114 Å². The minimum absolute atomic E-state index is 0.0107. The zero-order chi connectivity index (χ0) is 14.6. The lowest BCUT2D eigenvalue weighted by atomic mass is 10.2. The Bertz CT molecular complexity index is 369. The van der Waals surface area contributed by atoms with Crippen LogP contribution in [0.3, 0.4) is 0 Å². The van der Waals surface area contributed by atoms with E-state index in [0.717, 1.165) is 6.42 Å². The van der Waals surface area contributed by atoms with Crippen LogP contribution in [-0.2, 0) is 10.0 Å². The fourth-order valence-electron chi connectivity index (χ4n) is 1.47. The summed E-state index contributed by atoms with van der Waals surface area (Å²) in [6, 6.07) is 0. The second kappa shape index (κ2) is 6.35. The fourth-order valence-corrected chi connectivity index (χ4v) is 7.10. The van der Waals surface area contributed by atoms with Crippen molar-refractivity contribution >= 4 is 18.3 Å². The summed E-state index contributed by atoms with van der Waals surface area (Å²) in [5.74, 6) is 0. The Morgan fingerprint density at radius 2 is 1.83 bits per heavy atom. The van der Waals surface area contributed by atoms with Crippen LogP contribution in [0.15, 0.2) is 12.7 Å². The van der Waals surface area contributed by atoms with Crippen LogP contribution >= 0.6 is 0 Å². The van der Waals surface area contributed by atoms with E-state index in [4.69, 9.17) is 0 Å². The highest BCUT2D eigenvalue weighted by molar-refractivity contribution is 7.91. The Morgan fingerprint density at radius 3 is 2.17 bits per heavy atom. The highest BCUT2D eigenvalue weighted by Crippen LogP contribution is 2.34. The monoisotopic (exact) mass is 291 g/mol. The second-order valence-electron chi connectivity index (χ2n) is 6.42. The van der Waals surface area contributed by atoms with Crippen molar-refractivity contribution < 1.29 is 8.42 Å². The van der Waals surface area contributed by atoms with Crippen LogP contribution in [0.1, 0.15) is 47.0 Å². The van der Waals surface area contributed by atoms with Gasteiger partial charge < -0.3 is 0 Å². The summed E-state index contributed by atoms with van der Waals surface area (Å²) in [6.07, 6.45) is 3.84. The third kappa shape index (κ3) is 4.86. The Balaban J connectivity index is 4.99. The van der Waals surface area contributed by atoms with Gasteiger partial charge in [-0.1, -0.05) is 46.9 Å². The summed E-state index contributed by atoms with van der Waals surface area (Å²) in [4.78, 5) is 0. The van der Waals surface area contributed by atoms with Gasteiger partial charge in [0.25, 0.3) is 0 Å². The van der Waals surface area contributed by atoms with Crippen LogP contribution in [0.5, 0.6) is 0 Å². The van der Waals surface area contributed by atoms with Crippen LogP contribution in [0.25, 0.3) is 0 Å². The molecule has 0 heterocycles. The normalized spacial score (nSPS) is 15.4. The van der Waals surface area contributed by atoms with E-state index in [9.17, 15) is 8.42 Å². The number of hydrogen-bond donors (Lipinski definition) is 1. The molecule has 108 valence electrons. The van der Waals surface area contributed by atoms with Crippen molar-refractivity contribution in [3.63, 3.8) is 0 Å². The molecular weight excluding hydrogens is 262 g/mol. The van der Waals surface area contributed by atoms with Crippen molar-refractivity contribution in [2.75, 3.05) is 0 Å². The highest BCUT2D eigenvalue weighted by Gasteiger charge is 2.40. The average Bonchev–Trinajstić information content (AvgIpc) is 2.14. The van der Waals surface area contributed by atoms with Gasteiger partial charge in [0.05, 0.1) is 5.25 Å². The lowest BCUT2D eigenvalue weighted by molar-refractivity contribution is 0.561. The maximum absolute atomic E-state index is 12.4. The third-order valence-electron chi connectivity index (χ3n) is 3.86. The minimum Gasteiger partial charge on any atom is -0.237 e. The standard InChI is InChI=1S/C13H29NO2SSi/c1-8-10-11-12(9-2)17(15,16)14-18(6,7)13(3,4)5/h8,12,14H,1,9-11H2,2-7H3. The molecule has 0 aliphatic rings. The molecule has 5 heteroatoms. The van der Waals surface area contributed by atoms with E-state index in [-0.39, 0.29) is 10.3 Å². The molecule has 0 aliphatic heterocycles. The first kappa shape index (κ1) is 17.9. The second-order valence-corrected chi connectivity index (χ2v) is 13.7. The zero-order valence-electron chi connectivity index (χ0n) is 12.7. The van der Waals surface area contributed by atoms with E-state index in [1.54, 1.807) is 6.08 Å². The maximum Gasteiger partial charge on any atom is 0.208 e. The third-order valence-corrected chi connectivity index (χ3v) is 12.2. The van der Waals surface area contributed by atoms with Gasteiger partial charge in [0, 0.05) is 0 Å². The van der Waals surface area contributed by atoms with Crippen molar-refractivity contribution in [3.8, 4) is 0 Å². The van der Waals surface area contributed by atoms with Gasteiger partial charge >= 0.3 is 0 Å². The molecule has 18 heavy (non-hydrogen) atoms. The number of nitrogens with one attached hydrogen (secondary N) is 1. The largest absolute Gasteiger partial charge is 0.237 e. The molecule has 0 saturated carbocycles. The molecule has 0 bridgehead atoms. The SMILES string of the molecule is C=CCCC(CC)S(=O)(=O)N[Si](C)(C)C(C)(C)C. The van der Waals surface area contributed by atoms with Gasteiger partial charge in [0.2, 0.25) is 10.0 Å². The number of sulfonamides is 1. The fraction of sp³-hybridized carbons (Fsp3) is 0.846. The molecule has 0 aliphatic carbocycles. The van der Waals surface area contributed by atoms with E-state index in [2.05, 4.69) is 44.8 Å². The summed E-state index contributed by atoms with van der Waals surface area (Å²) in [5, 5.41) is -0.291. The quantitative estimate of drug-likeness (QED) is 0.575. The van der Waals surface area contributed by atoms with E-state index >= 15 is 0 Å². The van der Waals surface area contributed by atoms with E-state index in [0.29, 0.717) is 12.8 Å². The van der Waals surface area contributed by atoms with Gasteiger partial charge in [-0.05, 0) is 24.3 Å². The first-order chi connectivity index (χ1) is 7.98. The highest BCUT2D eigenvalue weighted by atomic mass is 32.2. The molecule has 0 aromatic carbocycles. The van der Waals surface area contributed by atoms with Crippen molar-refractivity contribution in [1.82, 2.24) is 4.39 Å². The predicted molar refractivity (Wildman–Crippen MR) is 82.8 cm³/mol. The van der Waals surface area contributed by atoms with E-state index in [1.165, 1.54) is 0 Å². The molecule has 0 spiro atoms. The van der Waals surface area contributed by atoms with Crippen LogP contribution in [0.4, 0.5) is 0 Å². The predicted octanol–water partition coefficient (Wildman–Crippen LogP) is 3.66. The van der Waals surface area contributed by atoms with Crippen molar-refractivity contribution in [2.45, 2.75) is 70.3 Å². The summed E-state index contributed by atoms with van der Waals surface area (Å²) >= 11 is 0. The molecule has 3 nitrogen and oxygen atoms in total. The Hall–Kier alpha value is -0.133. The molecule has 0 amide bonds. The molecule has 1 unspecified atom stereocenters. The molecule has 1 atom stereocenters. The lowest BCUT2D eigenvalue weighted by Crippen LogP contribution is -2.56. The van der Waals surface area contributed by atoms with Crippen molar-refractivity contribution in [2.24, 2.45) is 0 Å². The molecule has 0 aromatic rings. The van der Waals surface area contributed by atoms with Gasteiger partial charge in [0.15, 0.2) is 0 Å². The average molecular weight is 292 g/mol. The Kier molecular flexibility index (Phi) is 6.30. The number of allylic oxidation sites excluding steroid dienone is 1. The maximum atomic E-state index is 12.4. The van der Waals surface area contributed by atoms with Gasteiger partial charge in [0.1, 0.15) is 8.24 Å². The minimum atomic E-state index is -3.22. The molecule has 0 fully saturated rings. The van der Waals surface area contributed by atoms with Gasteiger partial charge in [-0.25, -0.2) is 12.8 Å². The van der Waals surface area contributed by atoms with Gasteiger partial charge in [-0.2, -0.15) is 0 Å². The van der Waals surface area contributed by atoms with Gasteiger partial charge in [-0.3, -0.25) is 0 Å². The molecule has 0 radical (unpaired) electrons. The molecule has 0 aromatic heterocycles. The van der Waals surface area contributed by atoms with Crippen LogP contribution in [0.2, 0.25) is 18.1 Å². The van der Waals surface area contributed by atoms with E-state index in [1.807, 2.05) is 6.92 Å². The van der Waals surface area contributed by atoms with Gasteiger partial charge in [-0.15, -0.1) is 6.58 Å².